The predicted molar refractivity (Wildman–Crippen MR) is 133 cm³/mol. The Bertz CT molecular complexity index is 1480. The molecule has 1 unspecified atom stereocenters. The van der Waals surface area contributed by atoms with Crippen LogP contribution < -0.4 is 11.3 Å². The van der Waals surface area contributed by atoms with E-state index in [1.54, 1.807) is 50.0 Å². The fraction of sp³-hybridized carbons (Fsp3) is 0.115. The second kappa shape index (κ2) is 9.99. The number of nitrogens with two attached hydrogens (primary N) is 1. The van der Waals surface area contributed by atoms with Crippen LogP contribution >= 0.6 is 11.6 Å². The van der Waals surface area contributed by atoms with Gasteiger partial charge in [0.1, 0.15) is 5.82 Å². The molecule has 0 bridgehead atoms. The van der Waals surface area contributed by atoms with Gasteiger partial charge >= 0.3 is 0 Å². The summed E-state index contributed by atoms with van der Waals surface area (Å²) in [6.07, 6.45) is 7.02. The summed E-state index contributed by atoms with van der Waals surface area (Å²) in [5, 5.41) is 1.41. The molecule has 0 saturated carbocycles. The highest BCUT2D eigenvalue weighted by molar-refractivity contribution is 6.30. The van der Waals surface area contributed by atoms with Crippen LogP contribution in [0.15, 0.2) is 90.4 Å². The molecular formula is C26H23ClFN5O. The minimum absolute atomic E-state index is 0.191. The zero-order chi connectivity index (χ0) is 24.2. The van der Waals surface area contributed by atoms with E-state index in [-0.39, 0.29) is 11.4 Å². The van der Waals surface area contributed by atoms with Crippen molar-refractivity contribution >= 4 is 22.5 Å². The van der Waals surface area contributed by atoms with Crippen molar-refractivity contribution in [1.82, 2.24) is 19.1 Å². The molecule has 0 fully saturated rings. The third-order valence-corrected chi connectivity index (χ3v) is 5.73. The molecule has 2 N–H and O–H groups in total. The Hall–Kier alpha value is -3.81. The first-order valence-corrected chi connectivity index (χ1v) is 10.9. The van der Waals surface area contributed by atoms with Crippen molar-refractivity contribution in [1.29, 1.82) is 0 Å². The molecule has 0 amide bonds. The fourth-order valence-electron chi connectivity index (χ4n) is 3.60. The topological polar surface area (TPSA) is 78.7 Å². The van der Waals surface area contributed by atoms with Crippen LogP contribution in [0.5, 0.6) is 0 Å². The highest BCUT2D eigenvalue weighted by Crippen LogP contribution is 2.30. The lowest BCUT2D eigenvalue weighted by Crippen LogP contribution is -2.18. The minimum Gasteiger partial charge on any atom is -0.341 e. The Kier molecular flexibility index (Phi) is 6.86. The Morgan fingerprint density at radius 1 is 1.06 bits per heavy atom. The van der Waals surface area contributed by atoms with Gasteiger partial charge in [-0.3, -0.25) is 9.78 Å². The van der Waals surface area contributed by atoms with Crippen LogP contribution in [-0.2, 0) is 14.1 Å². The number of halogens is 2. The molecule has 5 rings (SSSR count). The number of benzene rings is 2. The number of pyridine rings is 2. The van der Waals surface area contributed by atoms with E-state index in [4.69, 9.17) is 17.3 Å². The average molecular weight is 476 g/mol. The van der Waals surface area contributed by atoms with E-state index in [0.29, 0.717) is 27.4 Å². The van der Waals surface area contributed by atoms with E-state index in [1.165, 1.54) is 22.8 Å². The van der Waals surface area contributed by atoms with Crippen LogP contribution in [0.4, 0.5) is 4.39 Å². The summed E-state index contributed by atoms with van der Waals surface area (Å²) in [7, 11) is 3.62. The minimum atomic E-state index is -0.459. The molecule has 3 aromatic heterocycles. The zero-order valence-electron chi connectivity index (χ0n) is 18.7. The molecule has 6 nitrogen and oxygen atoms in total. The van der Waals surface area contributed by atoms with E-state index >= 15 is 0 Å². The van der Waals surface area contributed by atoms with E-state index in [2.05, 4.69) is 9.97 Å². The normalized spacial score (nSPS) is 11.7. The number of imidazole rings is 1. The van der Waals surface area contributed by atoms with Gasteiger partial charge in [-0.1, -0.05) is 35.9 Å². The van der Waals surface area contributed by atoms with Gasteiger partial charge in [0.15, 0.2) is 0 Å². The van der Waals surface area contributed by atoms with Gasteiger partial charge < -0.3 is 14.9 Å². The van der Waals surface area contributed by atoms with Gasteiger partial charge in [-0.05, 0) is 47.0 Å². The van der Waals surface area contributed by atoms with Crippen molar-refractivity contribution in [2.75, 3.05) is 0 Å². The van der Waals surface area contributed by atoms with Crippen molar-refractivity contribution in [2.24, 2.45) is 19.8 Å². The number of fused-ring (bicyclic) bond motifs is 1. The average Bonchev–Trinajstić information content (AvgIpc) is 3.32. The van der Waals surface area contributed by atoms with E-state index < -0.39 is 6.04 Å². The van der Waals surface area contributed by atoms with Crippen molar-refractivity contribution in [3.05, 3.63) is 118 Å². The maximum Gasteiger partial charge on any atom is 0.251 e. The molecule has 0 aliphatic carbocycles. The highest BCUT2D eigenvalue weighted by Gasteiger charge is 2.15. The second-order valence-corrected chi connectivity index (χ2v) is 8.29. The van der Waals surface area contributed by atoms with Crippen LogP contribution in [0.2, 0.25) is 5.02 Å². The van der Waals surface area contributed by atoms with Crippen molar-refractivity contribution in [3.8, 4) is 11.1 Å². The number of aryl methyl sites for hydroxylation is 2. The SMILES string of the molecule is Cn1c(=O)cc(-c2cccc(F)c2)c2cc(C(N)c3ccc(Cl)cc3)ncc21.Cn1ccnc1. The molecule has 172 valence electrons. The fourth-order valence-corrected chi connectivity index (χ4v) is 3.72. The predicted octanol–water partition coefficient (Wildman–Crippen LogP) is 4.86. The summed E-state index contributed by atoms with van der Waals surface area (Å²) in [4.78, 5) is 20.6. The Morgan fingerprint density at radius 2 is 1.82 bits per heavy atom. The van der Waals surface area contributed by atoms with Gasteiger partial charge in [0.25, 0.3) is 5.56 Å². The molecule has 34 heavy (non-hydrogen) atoms. The van der Waals surface area contributed by atoms with Gasteiger partial charge in [0.05, 0.1) is 29.8 Å². The zero-order valence-corrected chi connectivity index (χ0v) is 19.4. The van der Waals surface area contributed by atoms with Crippen LogP contribution in [0.25, 0.3) is 22.0 Å². The van der Waals surface area contributed by atoms with Crippen molar-refractivity contribution in [2.45, 2.75) is 6.04 Å². The summed E-state index contributed by atoms with van der Waals surface area (Å²) < 4.78 is 17.2. The van der Waals surface area contributed by atoms with Crippen LogP contribution in [-0.4, -0.2) is 19.1 Å². The van der Waals surface area contributed by atoms with Gasteiger partial charge in [-0.2, -0.15) is 0 Å². The maximum atomic E-state index is 13.8. The first-order chi connectivity index (χ1) is 16.3. The Morgan fingerprint density at radius 3 is 2.44 bits per heavy atom. The van der Waals surface area contributed by atoms with Crippen molar-refractivity contribution < 1.29 is 4.39 Å². The molecule has 8 heteroatoms. The first-order valence-electron chi connectivity index (χ1n) is 10.5. The van der Waals surface area contributed by atoms with E-state index in [1.807, 2.05) is 36.0 Å². The van der Waals surface area contributed by atoms with Crippen LogP contribution in [0.3, 0.4) is 0 Å². The molecular weight excluding hydrogens is 453 g/mol. The quantitative estimate of drug-likeness (QED) is 0.404. The number of hydrogen-bond donors (Lipinski definition) is 1. The smallest absolute Gasteiger partial charge is 0.251 e. The lowest BCUT2D eigenvalue weighted by Gasteiger charge is -2.15. The van der Waals surface area contributed by atoms with Crippen LogP contribution in [0, 0.1) is 5.82 Å². The molecule has 1 atom stereocenters. The summed E-state index contributed by atoms with van der Waals surface area (Å²) >= 11 is 5.95. The van der Waals surface area contributed by atoms with E-state index in [9.17, 15) is 9.18 Å². The Labute approximate surface area is 201 Å². The summed E-state index contributed by atoms with van der Waals surface area (Å²) in [5.41, 5.74) is 9.65. The number of nitrogens with zero attached hydrogens (tertiary/aromatic N) is 4. The second-order valence-electron chi connectivity index (χ2n) is 7.85. The third-order valence-electron chi connectivity index (χ3n) is 5.47. The van der Waals surface area contributed by atoms with Crippen molar-refractivity contribution in [3.63, 3.8) is 0 Å². The highest BCUT2D eigenvalue weighted by atomic mass is 35.5. The molecule has 0 aliphatic heterocycles. The first kappa shape index (κ1) is 23.4. The van der Waals surface area contributed by atoms with Gasteiger partial charge in [0, 0.05) is 43.0 Å². The monoisotopic (exact) mass is 475 g/mol. The van der Waals surface area contributed by atoms with E-state index in [0.717, 1.165) is 10.9 Å². The molecule has 3 heterocycles. The van der Waals surface area contributed by atoms with Gasteiger partial charge in [-0.25, -0.2) is 9.37 Å². The molecule has 5 aromatic rings. The lowest BCUT2D eigenvalue weighted by atomic mass is 9.98. The van der Waals surface area contributed by atoms with Gasteiger partial charge in [0.2, 0.25) is 0 Å². The van der Waals surface area contributed by atoms with Crippen LogP contribution in [0.1, 0.15) is 17.3 Å². The van der Waals surface area contributed by atoms with Gasteiger partial charge in [-0.15, -0.1) is 0 Å². The summed E-state index contributed by atoms with van der Waals surface area (Å²) in [6.45, 7) is 0. The standard InChI is InChI=1S/C22H17ClFN3O.C4H6N2/c1-27-20-12-26-19(22(25)13-5-7-15(23)8-6-13)10-18(20)17(11-21(27)28)14-3-2-4-16(24)9-14;1-6-3-2-5-4-6/h2-12,22H,25H2,1H3;2-4H,1H3. The lowest BCUT2D eigenvalue weighted by molar-refractivity contribution is 0.628. The summed E-state index contributed by atoms with van der Waals surface area (Å²) in [6, 6.07) is 16.3. The molecule has 0 saturated heterocycles. The molecule has 0 aliphatic rings. The molecule has 0 radical (unpaired) electrons. The molecule has 0 spiro atoms. The molecule has 2 aromatic carbocycles. The largest absolute Gasteiger partial charge is 0.341 e. The summed E-state index contributed by atoms with van der Waals surface area (Å²) in [5.74, 6) is -0.363. The number of rotatable bonds is 3. The number of hydrogen-bond acceptors (Lipinski definition) is 4. The maximum absolute atomic E-state index is 13.8. The third kappa shape index (κ3) is 5.06. The Balaban J connectivity index is 0.000000398. The number of aromatic nitrogens is 4.